The Kier molecular flexibility index (Phi) is 4.54. The number of rotatable bonds is 5. The van der Waals surface area contributed by atoms with Gasteiger partial charge < -0.3 is 9.64 Å². The van der Waals surface area contributed by atoms with E-state index in [4.69, 9.17) is 4.74 Å². The van der Waals surface area contributed by atoms with Crippen molar-refractivity contribution < 1.29 is 9.53 Å². The van der Waals surface area contributed by atoms with E-state index in [2.05, 4.69) is 72.6 Å². The lowest BCUT2D eigenvalue weighted by atomic mass is 9.95. The van der Waals surface area contributed by atoms with Crippen LogP contribution in [0.3, 0.4) is 0 Å². The van der Waals surface area contributed by atoms with Gasteiger partial charge in [-0.2, -0.15) is 5.10 Å². The molecule has 5 heteroatoms. The number of aryl methyl sites for hydroxylation is 2. The van der Waals surface area contributed by atoms with Crippen LogP contribution >= 0.6 is 0 Å². The predicted molar refractivity (Wildman–Crippen MR) is 105 cm³/mol. The first kappa shape index (κ1) is 17.5. The normalized spacial score (nSPS) is 16.0. The number of aromatic nitrogens is 2. The number of nitrogens with one attached hydrogen (secondary N) is 1. The Labute approximate surface area is 159 Å². The van der Waals surface area contributed by atoms with E-state index in [1.807, 2.05) is 4.90 Å². The van der Waals surface area contributed by atoms with Crippen LogP contribution in [0.2, 0.25) is 0 Å². The van der Waals surface area contributed by atoms with Gasteiger partial charge in [0.2, 0.25) is 0 Å². The maximum Gasteiger partial charge on any atom is 0.273 e. The van der Waals surface area contributed by atoms with Crippen molar-refractivity contribution in [1.82, 2.24) is 15.1 Å². The molecule has 2 aromatic carbocycles. The molecule has 0 saturated carbocycles. The smallest absolute Gasteiger partial charge is 0.273 e. The summed E-state index contributed by atoms with van der Waals surface area (Å²) in [5, 5.41) is 7.48. The molecule has 1 aliphatic heterocycles. The zero-order chi connectivity index (χ0) is 19.0. The number of H-pyrrole nitrogens is 1. The second-order valence-electron chi connectivity index (χ2n) is 7.03. The van der Waals surface area contributed by atoms with Crippen molar-refractivity contribution >= 4 is 5.91 Å². The Hall–Kier alpha value is -2.92. The van der Waals surface area contributed by atoms with Crippen molar-refractivity contribution in [2.45, 2.75) is 19.9 Å². The first-order chi connectivity index (χ1) is 13.1. The summed E-state index contributed by atoms with van der Waals surface area (Å²) in [6, 6.07) is 16.4. The molecule has 3 aromatic rings. The van der Waals surface area contributed by atoms with Crippen LogP contribution in [0.1, 0.15) is 38.8 Å². The Balaban J connectivity index is 1.84. The molecule has 0 radical (unpaired) electrons. The van der Waals surface area contributed by atoms with E-state index >= 15 is 0 Å². The molecule has 1 atom stereocenters. The maximum atomic E-state index is 13.1. The summed E-state index contributed by atoms with van der Waals surface area (Å²) in [4.78, 5) is 14.9. The molecule has 138 valence electrons. The van der Waals surface area contributed by atoms with Gasteiger partial charge in [-0.15, -0.1) is 0 Å². The van der Waals surface area contributed by atoms with Crippen molar-refractivity contribution in [2.75, 3.05) is 20.3 Å². The molecule has 5 nitrogen and oxygen atoms in total. The molecule has 0 bridgehead atoms. The maximum absolute atomic E-state index is 13.1. The number of hydrogen-bond acceptors (Lipinski definition) is 3. The minimum Gasteiger partial charge on any atom is -0.383 e. The molecule has 1 aromatic heterocycles. The molecule has 0 saturated heterocycles. The molecule has 27 heavy (non-hydrogen) atoms. The molecule has 1 aliphatic rings. The number of aromatic amines is 1. The highest BCUT2D eigenvalue weighted by molar-refractivity contribution is 6.00. The lowest BCUT2D eigenvalue weighted by Gasteiger charge is -2.26. The van der Waals surface area contributed by atoms with Crippen LogP contribution in [0.4, 0.5) is 0 Å². The number of carbonyl (C=O) groups is 1. The third-order valence-electron chi connectivity index (χ3n) is 5.12. The minimum absolute atomic E-state index is 0.0292. The second-order valence-corrected chi connectivity index (χ2v) is 7.03. The first-order valence-corrected chi connectivity index (χ1v) is 9.12. The fraction of sp³-hybridized carbons (Fsp3) is 0.273. The van der Waals surface area contributed by atoms with Crippen molar-refractivity contribution in [1.29, 1.82) is 0 Å². The Morgan fingerprint density at radius 1 is 1.04 bits per heavy atom. The van der Waals surface area contributed by atoms with E-state index in [0.29, 0.717) is 18.8 Å². The third kappa shape index (κ3) is 3.04. The van der Waals surface area contributed by atoms with Crippen LogP contribution < -0.4 is 0 Å². The molecule has 1 unspecified atom stereocenters. The van der Waals surface area contributed by atoms with Gasteiger partial charge in [0.15, 0.2) is 0 Å². The number of benzene rings is 2. The van der Waals surface area contributed by atoms with Crippen LogP contribution in [0.5, 0.6) is 0 Å². The van der Waals surface area contributed by atoms with Gasteiger partial charge in [0, 0.05) is 24.8 Å². The summed E-state index contributed by atoms with van der Waals surface area (Å²) in [5.74, 6) is -0.0292. The molecular formula is C22H23N3O2. The van der Waals surface area contributed by atoms with E-state index in [0.717, 1.165) is 22.4 Å². The Morgan fingerprint density at radius 3 is 2.30 bits per heavy atom. The lowest BCUT2D eigenvalue weighted by Crippen LogP contribution is -2.32. The van der Waals surface area contributed by atoms with Crippen LogP contribution in [0.15, 0.2) is 48.5 Å². The zero-order valence-corrected chi connectivity index (χ0v) is 15.8. The van der Waals surface area contributed by atoms with Gasteiger partial charge in [-0.3, -0.25) is 9.89 Å². The predicted octanol–water partition coefficient (Wildman–Crippen LogP) is 3.89. The molecule has 2 heterocycles. The average Bonchev–Trinajstić information content (AvgIpc) is 3.21. The molecule has 0 spiro atoms. The molecule has 1 N–H and O–H groups in total. The fourth-order valence-electron chi connectivity index (χ4n) is 3.64. The highest BCUT2D eigenvalue weighted by atomic mass is 16.5. The van der Waals surface area contributed by atoms with Crippen molar-refractivity contribution in [3.05, 3.63) is 76.5 Å². The summed E-state index contributed by atoms with van der Waals surface area (Å²) < 4.78 is 5.24. The number of methoxy groups -OCH3 is 1. The van der Waals surface area contributed by atoms with Crippen LogP contribution in [0, 0.1) is 13.8 Å². The van der Waals surface area contributed by atoms with Crippen LogP contribution in [-0.4, -0.2) is 41.3 Å². The topological polar surface area (TPSA) is 58.2 Å². The number of carbonyl (C=O) groups excluding carboxylic acids is 1. The third-order valence-corrected chi connectivity index (χ3v) is 5.12. The van der Waals surface area contributed by atoms with Gasteiger partial charge in [0.25, 0.3) is 5.91 Å². The zero-order valence-electron chi connectivity index (χ0n) is 15.8. The summed E-state index contributed by atoms with van der Waals surface area (Å²) in [7, 11) is 1.65. The van der Waals surface area contributed by atoms with Crippen LogP contribution in [-0.2, 0) is 4.74 Å². The summed E-state index contributed by atoms with van der Waals surface area (Å²) in [6.45, 7) is 5.15. The highest BCUT2D eigenvalue weighted by Crippen LogP contribution is 2.42. The Bertz CT molecular complexity index is 958. The van der Waals surface area contributed by atoms with Crippen molar-refractivity contribution in [2.24, 2.45) is 0 Å². The van der Waals surface area contributed by atoms with E-state index in [9.17, 15) is 4.79 Å². The summed E-state index contributed by atoms with van der Waals surface area (Å²) in [5.41, 5.74) is 6.84. The van der Waals surface area contributed by atoms with Crippen LogP contribution in [0.25, 0.3) is 11.3 Å². The Morgan fingerprint density at radius 2 is 1.67 bits per heavy atom. The minimum atomic E-state index is -0.168. The molecular weight excluding hydrogens is 338 g/mol. The lowest BCUT2D eigenvalue weighted by molar-refractivity contribution is 0.0677. The molecule has 1 amide bonds. The second kappa shape index (κ2) is 7.00. The van der Waals surface area contributed by atoms with E-state index in [-0.39, 0.29) is 11.9 Å². The molecule has 0 fully saturated rings. The number of nitrogens with zero attached hydrogens (tertiary/aromatic N) is 2. The largest absolute Gasteiger partial charge is 0.383 e. The highest BCUT2D eigenvalue weighted by Gasteiger charge is 2.41. The van der Waals surface area contributed by atoms with Gasteiger partial charge >= 0.3 is 0 Å². The molecule has 4 rings (SSSR count). The van der Waals surface area contributed by atoms with Gasteiger partial charge in [0.05, 0.1) is 18.3 Å². The van der Waals surface area contributed by atoms with Gasteiger partial charge in [-0.25, -0.2) is 0 Å². The van der Waals surface area contributed by atoms with E-state index in [1.54, 1.807) is 7.11 Å². The quantitative estimate of drug-likeness (QED) is 0.750. The average molecular weight is 361 g/mol. The summed E-state index contributed by atoms with van der Waals surface area (Å²) in [6.07, 6.45) is 0. The number of hydrogen-bond donors (Lipinski definition) is 1. The monoisotopic (exact) mass is 361 g/mol. The van der Waals surface area contributed by atoms with Crippen molar-refractivity contribution in [3.63, 3.8) is 0 Å². The van der Waals surface area contributed by atoms with Gasteiger partial charge in [0.1, 0.15) is 5.69 Å². The number of fused-ring (bicyclic) bond motifs is 1. The molecule has 0 aliphatic carbocycles. The van der Waals surface area contributed by atoms with E-state index < -0.39 is 0 Å². The van der Waals surface area contributed by atoms with Gasteiger partial charge in [-0.1, -0.05) is 59.7 Å². The standard InChI is InChI=1S/C22H23N3O2/c1-14-4-8-16(9-5-14)19-18-20(24-23-19)22(26)25(12-13-27-3)21(18)17-10-6-15(2)7-11-17/h4-11,21H,12-13H2,1-3H3,(H,23,24). The fourth-order valence-corrected chi connectivity index (χ4v) is 3.64. The van der Waals surface area contributed by atoms with E-state index in [1.165, 1.54) is 11.1 Å². The van der Waals surface area contributed by atoms with Gasteiger partial charge in [-0.05, 0) is 19.4 Å². The SMILES string of the molecule is COCCN1C(=O)c2[nH]nc(-c3ccc(C)cc3)c2C1c1ccc(C)cc1. The first-order valence-electron chi connectivity index (χ1n) is 9.12. The van der Waals surface area contributed by atoms with Crippen molar-refractivity contribution in [3.8, 4) is 11.3 Å². The summed E-state index contributed by atoms with van der Waals surface area (Å²) >= 11 is 0. The number of ether oxygens (including phenoxy) is 1. The number of amides is 1.